The highest BCUT2D eigenvalue weighted by molar-refractivity contribution is 5.85. The highest BCUT2D eigenvalue weighted by Gasteiger charge is 2.50. The van der Waals surface area contributed by atoms with Crippen LogP contribution in [0.3, 0.4) is 0 Å². The average molecular weight is 239 g/mol. The first-order chi connectivity index (χ1) is 8.10. The molecular weight excluding hydrogens is 214 g/mol. The predicted molar refractivity (Wildman–Crippen MR) is 68.6 cm³/mol. The summed E-state index contributed by atoms with van der Waals surface area (Å²) in [5, 5.41) is 7.01. The van der Waals surface area contributed by atoms with Crippen LogP contribution in [0.5, 0.6) is 0 Å². The first-order valence-corrected chi connectivity index (χ1v) is 6.90. The van der Waals surface area contributed by atoms with Crippen molar-refractivity contribution in [3.63, 3.8) is 0 Å². The molecule has 4 nitrogen and oxygen atoms in total. The number of rotatable bonds is 3. The van der Waals surface area contributed by atoms with Gasteiger partial charge in [0, 0.05) is 6.54 Å². The van der Waals surface area contributed by atoms with Gasteiger partial charge in [-0.15, -0.1) is 0 Å². The molecule has 0 aliphatic carbocycles. The van der Waals surface area contributed by atoms with E-state index >= 15 is 0 Å². The Labute approximate surface area is 104 Å². The summed E-state index contributed by atoms with van der Waals surface area (Å²) in [5.74, 6) is 0.680. The van der Waals surface area contributed by atoms with Gasteiger partial charge in [0.25, 0.3) is 0 Å². The van der Waals surface area contributed by atoms with E-state index in [0.29, 0.717) is 11.8 Å². The van der Waals surface area contributed by atoms with Crippen molar-refractivity contribution in [1.82, 2.24) is 15.5 Å². The molecule has 2 aliphatic heterocycles. The zero-order valence-electron chi connectivity index (χ0n) is 11.3. The number of amides is 1. The van der Waals surface area contributed by atoms with E-state index < -0.39 is 0 Å². The smallest absolute Gasteiger partial charge is 0.241 e. The molecule has 98 valence electrons. The van der Waals surface area contributed by atoms with E-state index in [2.05, 4.69) is 36.3 Å². The summed E-state index contributed by atoms with van der Waals surface area (Å²) in [6.07, 6.45) is 3.09. The summed E-state index contributed by atoms with van der Waals surface area (Å²) in [5.41, 5.74) is -0.0622. The molecule has 2 aliphatic rings. The second kappa shape index (κ2) is 4.94. The lowest BCUT2D eigenvalue weighted by Crippen LogP contribution is -2.58. The monoisotopic (exact) mass is 239 g/mol. The number of hydrogen-bond donors (Lipinski definition) is 2. The number of carbonyl (C=O) groups excluding carboxylic acids is 1. The molecule has 0 saturated carbocycles. The number of piperidine rings is 1. The largest absolute Gasteiger partial charge is 0.323 e. The fraction of sp³-hybridized carbons (Fsp3) is 0.923. The van der Waals surface area contributed by atoms with Crippen molar-refractivity contribution >= 4 is 5.91 Å². The van der Waals surface area contributed by atoms with Crippen LogP contribution in [-0.2, 0) is 4.79 Å². The van der Waals surface area contributed by atoms with Crippen LogP contribution in [-0.4, -0.2) is 42.1 Å². The summed E-state index contributed by atoms with van der Waals surface area (Å²) in [6, 6.07) is 0.0136. The van der Waals surface area contributed by atoms with E-state index in [9.17, 15) is 4.79 Å². The Kier molecular flexibility index (Phi) is 3.73. The van der Waals surface area contributed by atoms with Gasteiger partial charge < -0.3 is 10.2 Å². The maximum Gasteiger partial charge on any atom is 0.241 e. The molecule has 2 saturated heterocycles. The van der Waals surface area contributed by atoms with E-state index in [1.807, 2.05) is 0 Å². The number of hydrogen-bond acceptors (Lipinski definition) is 3. The molecule has 0 aromatic carbocycles. The van der Waals surface area contributed by atoms with E-state index in [-0.39, 0.29) is 11.7 Å². The fourth-order valence-electron chi connectivity index (χ4n) is 3.06. The Morgan fingerprint density at radius 2 is 2.06 bits per heavy atom. The molecule has 2 rings (SSSR count). The van der Waals surface area contributed by atoms with Crippen molar-refractivity contribution in [2.45, 2.75) is 51.7 Å². The minimum Gasteiger partial charge on any atom is -0.323 e. The lowest BCUT2D eigenvalue weighted by molar-refractivity contribution is -0.133. The van der Waals surface area contributed by atoms with Crippen LogP contribution in [0.4, 0.5) is 0 Å². The molecule has 2 fully saturated rings. The van der Waals surface area contributed by atoms with Crippen molar-refractivity contribution in [2.24, 2.45) is 5.92 Å². The molecule has 0 aromatic rings. The summed E-state index contributed by atoms with van der Waals surface area (Å²) < 4.78 is 0. The maximum absolute atomic E-state index is 12.5. The lowest BCUT2D eigenvalue weighted by atomic mass is 9.97. The third-order valence-corrected chi connectivity index (χ3v) is 4.02. The van der Waals surface area contributed by atoms with E-state index in [1.165, 1.54) is 0 Å². The molecule has 1 unspecified atom stereocenters. The summed E-state index contributed by atoms with van der Waals surface area (Å²) in [7, 11) is 0. The SMILES string of the molecule is CCCN1C(=O)C(C(C)C)NC12CCNCC2. The number of nitrogens with one attached hydrogen (secondary N) is 2. The normalized spacial score (nSPS) is 28.4. The van der Waals surface area contributed by atoms with Gasteiger partial charge in [0.05, 0.1) is 11.7 Å². The van der Waals surface area contributed by atoms with Crippen LogP contribution in [0.1, 0.15) is 40.0 Å². The van der Waals surface area contributed by atoms with Gasteiger partial charge in [-0.1, -0.05) is 20.8 Å². The number of carbonyl (C=O) groups is 1. The second-order valence-corrected chi connectivity index (χ2v) is 5.64. The second-order valence-electron chi connectivity index (χ2n) is 5.64. The zero-order valence-corrected chi connectivity index (χ0v) is 11.3. The van der Waals surface area contributed by atoms with Crippen molar-refractivity contribution in [2.75, 3.05) is 19.6 Å². The first-order valence-electron chi connectivity index (χ1n) is 6.90. The lowest BCUT2D eigenvalue weighted by Gasteiger charge is -2.41. The molecule has 0 aromatic heterocycles. The van der Waals surface area contributed by atoms with Crippen LogP contribution < -0.4 is 10.6 Å². The molecular formula is C13H25N3O. The van der Waals surface area contributed by atoms with E-state index in [1.54, 1.807) is 0 Å². The topological polar surface area (TPSA) is 44.4 Å². The maximum atomic E-state index is 12.5. The van der Waals surface area contributed by atoms with Crippen molar-refractivity contribution in [3.8, 4) is 0 Å². The van der Waals surface area contributed by atoms with Gasteiger partial charge in [-0.05, 0) is 38.3 Å². The van der Waals surface area contributed by atoms with Gasteiger partial charge in [0.2, 0.25) is 5.91 Å². The Morgan fingerprint density at radius 3 is 2.59 bits per heavy atom. The highest BCUT2D eigenvalue weighted by atomic mass is 16.2. The Morgan fingerprint density at radius 1 is 1.41 bits per heavy atom. The zero-order chi connectivity index (χ0) is 12.5. The molecule has 1 amide bonds. The number of nitrogens with zero attached hydrogens (tertiary/aromatic N) is 1. The minimum atomic E-state index is -0.0622. The molecule has 1 spiro atoms. The molecule has 17 heavy (non-hydrogen) atoms. The summed E-state index contributed by atoms with van der Waals surface area (Å²) in [4.78, 5) is 14.6. The predicted octanol–water partition coefficient (Wildman–Crippen LogP) is 0.932. The van der Waals surface area contributed by atoms with Gasteiger partial charge in [0.1, 0.15) is 0 Å². The third-order valence-electron chi connectivity index (χ3n) is 4.02. The Bertz CT molecular complexity index is 284. The Hall–Kier alpha value is -0.610. The molecule has 0 radical (unpaired) electrons. The third kappa shape index (κ3) is 2.20. The minimum absolute atomic E-state index is 0.0136. The van der Waals surface area contributed by atoms with Crippen LogP contribution in [0.15, 0.2) is 0 Å². The fourth-order valence-corrected chi connectivity index (χ4v) is 3.06. The van der Waals surface area contributed by atoms with Gasteiger partial charge in [-0.25, -0.2) is 0 Å². The molecule has 4 heteroatoms. The summed E-state index contributed by atoms with van der Waals surface area (Å²) in [6.45, 7) is 9.29. The van der Waals surface area contributed by atoms with Gasteiger partial charge >= 0.3 is 0 Å². The Balaban J connectivity index is 2.21. The van der Waals surface area contributed by atoms with Crippen molar-refractivity contribution < 1.29 is 4.79 Å². The standard InChI is InChI=1S/C13H25N3O/c1-4-9-16-12(17)11(10(2)3)15-13(16)5-7-14-8-6-13/h10-11,14-15H,4-9H2,1-3H3. The highest BCUT2D eigenvalue weighted by Crippen LogP contribution is 2.32. The van der Waals surface area contributed by atoms with Crippen LogP contribution in [0.2, 0.25) is 0 Å². The average Bonchev–Trinajstić information content (AvgIpc) is 2.57. The molecule has 0 bridgehead atoms. The quantitative estimate of drug-likeness (QED) is 0.770. The van der Waals surface area contributed by atoms with E-state index in [4.69, 9.17) is 0 Å². The van der Waals surface area contributed by atoms with Gasteiger partial charge in [-0.2, -0.15) is 0 Å². The summed E-state index contributed by atoms with van der Waals surface area (Å²) >= 11 is 0. The molecule has 2 heterocycles. The van der Waals surface area contributed by atoms with Crippen LogP contribution in [0.25, 0.3) is 0 Å². The van der Waals surface area contributed by atoms with Crippen LogP contribution >= 0.6 is 0 Å². The van der Waals surface area contributed by atoms with Gasteiger partial charge in [-0.3, -0.25) is 10.1 Å². The van der Waals surface area contributed by atoms with Crippen molar-refractivity contribution in [3.05, 3.63) is 0 Å². The first kappa shape index (κ1) is 12.8. The molecule has 1 atom stereocenters. The van der Waals surface area contributed by atoms with Crippen molar-refractivity contribution in [1.29, 1.82) is 0 Å². The van der Waals surface area contributed by atoms with Gasteiger partial charge in [0.15, 0.2) is 0 Å². The van der Waals surface area contributed by atoms with Crippen LogP contribution in [0, 0.1) is 5.92 Å². The molecule has 2 N–H and O–H groups in total. The van der Waals surface area contributed by atoms with E-state index in [0.717, 1.165) is 38.9 Å².